The molecule has 0 aliphatic rings. The van der Waals surface area contributed by atoms with Crippen molar-refractivity contribution in [3.05, 3.63) is 60.7 Å². The summed E-state index contributed by atoms with van der Waals surface area (Å²) >= 11 is 0. The van der Waals surface area contributed by atoms with E-state index < -0.39 is 8.32 Å². The molecule has 4 nitrogen and oxygen atoms in total. The van der Waals surface area contributed by atoms with Crippen LogP contribution in [0.1, 0.15) is 52.9 Å². The van der Waals surface area contributed by atoms with Gasteiger partial charge in [0, 0.05) is 12.6 Å². The molecule has 0 radical (unpaired) electrons. The number of hydrogen-bond acceptors (Lipinski definition) is 4. The van der Waals surface area contributed by atoms with Crippen molar-refractivity contribution in [2.24, 2.45) is 11.5 Å². The van der Waals surface area contributed by atoms with Crippen molar-refractivity contribution in [1.29, 1.82) is 0 Å². The monoisotopic (exact) mass is 442 g/mol. The van der Waals surface area contributed by atoms with Crippen molar-refractivity contribution in [2.45, 2.75) is 64.0 Å². The molecule has 0 spiro atoms. The number of unbranched alkanes of at least 4 members (excludes halogenated alkanes) is 2. The van der Waals surface area contributed by atoms with Crippen LogP contribution in [0.2, 0.25) is 5.04 Å². The van der Waals surface area contributed by atoms with Crippen LogP contribution in [0.25, 0.3) is 0 Å². The minimum atomic E-state index is -2.47. The van der Waals surface area contributed by atoms with Gasteiger partial charge in [0.1, 0.15) is 0 Å². The molecule has 2 rings (SSSR count). The maximum absolute atomic E-state index is 6.84. The highest BCUT2D eigenvalue weighted by atomic mass is 28.4. The lowest BCUT2D eigenvalue weighted by atomic mass is 10.1. The number of rotatable bonds is 14. The predicted molar refractivity (Wildman–Crippen MR) is 135 cm³/mol. The van der Waals surface area contributed by atoms with Gasteiger partial charge in [0.2, 0.25) is 0 Å². The summed E-state index contributed by atoms with van der Waals surface area (Å²) in [5, 5.41) is 2.59. The van der Waals surface area contributed by atoms with Crippen molar-refractivity contribution in [3.63, 3.8) is 0 Å². The Kier molecular flexibility index (Phi) is 10.9. The van der Waals surface area contributed by atoms with Crippen LogP contribution in [0.15, 0.2) is 60.7 Å². The van der Waals surface area contributed by atoms with E-state index in [1.165, 1.54) is 10.4 Å². The summed E-state index contributed by atoms with van der Waals surface area (Å²) in [6.45, 7) is 9.51. The minimum Gasteiger partial charge on any atom is -0.405 e. The lowest BCUT2D eigenvalue weighted by molar-refractivity contribution is 0.0915. The first-order chi connectivity index (χ1) is 14.9. The second-order valence-corrected chi connectivity index (χ2v) is 13.6. The second kappa shape index (κ2) is 13.1. The average molecular weight is 443 g/mol. The van der Waals surface area contributed by atoms with Gasteiger partial charge in [0.05, 0.1) is 13.2 Å². The van der Waals surface area contributed by atoms with Gasteiger partial charge >= 0.3 is 0 Å². The van der Waals surface area contributed by atoms with Crippen LogP contribution in [0, 0.1) is 0 Å². The van der Waals surface area contributed by atoms with Gasteiger partial charge < -0.3 is 20.6 Å². The van der Waals surface area contributed by atoms with E-state index in [-0.39, 0.29) is 11.1 Å². The molecule has 0 aliphatic heterocycles. The minimum absolute atomic E-state index is 0.0123. The van der Waals surface area contributed by atoms with Crippen molar-refractivity contribution >= 4 is 18.7 Å². The molecule has 0 amide bonds. The topological polar surface area (TPSA) is 70.5 Å². The van der Waals surface area contributed by atoms with E-state index in [1.807, 2.05) is 0 Å². The molecule has 0 aliphatic carbocycles. The lowest BCUT2D eigenvalue weighted by Crippen LogP contribution is -2.66. The van der Waals surface area contributed by atoms with Crippen molar-refractivity contribution in [2.75, 3.05) is 26.4 Å². The van der Waals surface area contributed by atoms with E-state index in [2.05, 4.69) is 81.4 Å². The van der Waals surface area contributed by atoms with Crippen molar-refractivity contribution < 1.29 is 9.16 Å². The zero-order valence-corrected chi connectivity index (χ0v) is 20.7. The fraction of sp³-hybridized carbons (Fsp3) is 0.538. The molecule has 4 N–H and O–H groups in total. The van der Waals surface area contributed by atoms with Crippen molar-refractivity contribution in [1.82, 2.24) is 0 Å². The Hall–Kier alpha value is -1.50. The Morgan fingerprint density at radius 3 is 1.87 bits per heavy atom. The normalized spacial score (nSPS) is 13.3. The molecule has 31 heavy (non-hydrogen) atoms. The standard InChI is InChI=1S/C26H42N2O2Si/c1-26(2,3)31(24-14-8-4-9-15-24,25-16-10-5-11-17-25)30-22-21-29-20-18-23(28)13-7-6-12-19-27/h4-5,8-11,14-17,23H,6-7,12-13,18-22,27-28H2,1-3H3. The van der Waals surface area contributed by atoms with Crippen LogP contribution in [0.3, 0.4) is 0 Å². The molecule has 5 heteroatoms. The quantitative estimate of drug-likeness (QED) is 0.345. The molecule has 1 unspecified atom stereocenters. The van der Waals surface area contributed by atoms with E-state index >= 15 is 0 Å². The maximum atomic E-state index is 6.84. The third-order valence-electron chi connectivity index (χ3n) is 5.88. The first-order valence-corrected chi connectivity index (χ1v) is 13.6. The summed E-state index contributed by atoms with van der Waals surface area (Å²) in [5.74, 6) is 0. The van der Waals surface area contributed by atoms with Gasteiger partial charge in [0.25, 0.3) is 8.32 Å². The molecule has 0 fully saturated rings. The predicted octanol–water partition coefficient (Wildman–Crippen LogP) is 3.82. The number of nitrogens with two attached hydrogens (primary N) is 2. The third-order valence-corrected chi connectivity index (χ3v) is 10.9. The highest BCUT2D eigenvalue weighted by Crippen LogP contribution is 2.36. The van der Waals surface area contributed by atoms with E-state index in [0.29, 0.717) is 19.8 Å². The average Bonchev–Trinajstić information content (AvgIpc) is 2.76. The van der Waals surface area contributed by atoms with Crippen LogP contribution in [-0.2, 0) is 9.16 Å². The Morgan fingerprint density at radius 1 is 0.774 bits per heavy atom. The first-order valence-electron chi connectivity index (χ1n) is 11.7. The molecular weight excluding hydrogens is 400 g/mol. The zero-order valence-electron chi connectivity index (χ0n) is 19.7. The van der Waals surface area contributed by atoms with Crippen LogP contribution >= 0.6 is 0 Å². The summed E-state index contributed by atoms with van der Waals surface area (Å²) in [5.41, 5.74) is 11.8. The lowest BCUT2D eigenvalue weighted by Gasteiger charge is -2.43. The maximum Gasteiger partial charge on any atom is 0.261 e. The molecule has 0 saturated heterocycles. The molecular formula is C26H42N2O2Si. The SMILES string of the molecule is CC(C)(C)[Si](OCCOCCC(N)CCCCCN)(c1ccccc1)c1ccccc1. The Balaban J connectivity index is 1.96. The van der Waals surface area contributed by atoms with Gasteiger partial charge in [-0.2, -0.15) is 0 Å². The van der Waals surface area contributed by atoms with E-state index in [1.54, 1.807) is 0 Å². The summed E-state index contributed by atoms with van der Waals surface area (Å²) in [7, 11) is -2.47. The van der Waals surface area contributed by atoms with Crippen LogP contribution in [0.5, 0.6) is 0 Å². The fourth-order valence-electron chi connectivity index (χ4n) is 4.22. The van der Waals surface area contributed by atoms with Crippen LogP contribution in [-0.4, -0.2) is 40.7 Å². The Labute approximate surface area is 190 Å². The van der Waals surface area contributed by atoms with Gasteiger partial charge in [-0.15, -0.1) is 0 Å². The molecule has 1 atom stereocenters. The summed E-state index contributed by atoms with van der Waals surface area (Å²) in [6.07, 6.45) is 5.33. The molecule has 0 aromatic heterocycles. The number of hydrogen-bond donors (Lipinski definition) is 2. The summed E-state index contributed by atoms with van der Waals surface area (Å²) in [6, 6.07) is 21.7. The molecule has 0 bridgehead atoms. The van der Waals surface area contributed by atoms with Crippen LogP contribution in [0.4, 0.5) is 0 Å². The largest absolute Gasteiger partial charge is 0.405 e. The number of ether oxygens (including phenoxy) is 1. The van der Waals surface area contributed by atoms with Gasteiger partial charge in [-0.05, 0) is 41.2 Å². The summed E-state index contributed by atoms with van der Waals surface area (Å²) in [4.78, 5) is 0. The third kappa shape index (κ3) is 7.54. The highest BCUT2D eigenvalue weighted by Gasteiger charge is 2.49. The smallest absolute Gasteiger partial charge is 0.261 e. The molecule has 0 saturated carbocycles. The van der Waals surface area contributed by atoms with Gasteiger partial charge in [0.15, 0.2) is 0 Å². The van der Waals surface area contributed by atoms with Crippen LogP contribution < -0.4 is 21.8 Å². The molecule has 2 aromatic carbocycles. The van der Waals surface area contributed by atoms with Gasteiger partial charge in [-0.25, -0.2) is 0 Å². The van der Waals surface area contributed by atoms with E-state index in [0.717, 1.165) is 38.6 Å². The Bertz CT molecular complexity index is 680. The Morgan fingerprint density at radius 2 is 1.35 bits per heavy atom. The van der Waals surface area contributed by atoms with Gasteiger partial charge in [-0.1, -0.05) is 94.3 Å². The fourth-order valence-corrected chi connectivity index (χ4v) is 8.77. The molecule has 2 aromatic rings. The van der Waals surface area contributed by atoms with Crippen molar-refractivity contribution in [3.8, 4) is 0 Å². The van der Waals surface area contributed by atoms with E-state index in [4.69, 9.17) is 20.6 Å². The number of benzene rings is 2. The summed E-state index contributed by atoms with van der Waals surface area (Å²) < 4.78 is 12.7. The highest BCUT2D eigenvalue weighted by molar-refractivity contribution is 6.99. The second-order valence-electron chi connectivity index (χ2n) is 9.31. The molecule has 0 heterocycles. The van der Waals surface area contributed by atoms with Gasteiger partial charge in [-0.3, -0.25) is 0 Å². The van der Waals surface area contributed by atoms with E-state index in [9.17, 15) is 0 Å². The molecule has 172 valence electrons. The zero-order chi connectivity index (χ0) is 22.6. The first kappa shape index (κ1) is 25.8.